The molecule has 0 fully saturated rings. The molecule has 1 aromatic heterocycles. The first kappa shape index (κ1) is 18.9. The molecule has 1 heterocycles. The molecular formula is C21H19ClFN3O. The summed E-state index contributed by atoms with van der Waals surface area (Å²) in [4.78, 5) is 12.0. The maximum Gasteiger partial charge on any atom is 0.244 e. The second-order valence-corrected chi connectivity index (χ2v) is 6.47. The molecule has 6 heteroatoms. The number of carbonyl (C=O) groups excluding carboxylic acids is 1. The fourth-order valence-electron chi connectivity index (χ4n) is 2.63. The van der Waals surface area contributed by atoms with Gasteiger partial charge in [0.25, 0.3) is 0 Å². The molecule has 138 valence electrons. The van der Waals surface area contributed by atoms with Gasteiger partial charge in [0.2, 0.25) is 5.91 Å². The average molecular weight is 384 g/mol. The predicted molar refractivity (Wildman–Crippen MR) is 105 cm³/mol. The molecule has 0 bridgehead atoms. The van der Waals surface area contributed by atoms with E-state index >= 15 is 0 Å². The predicted octanol–water partition coefficient (Wildman–Crippen LogP) is 4.36. The monoisotopic (exact) mass is 383 g/mol. The van der Waals surface area contributed by atoms with E-state index in [4.69, 9.17) is 11.6 Å². The lowest BCUT2D eigenvalue weighted by Gasteiger charge is -2.03. The van der Waals surface area contributed by atoms with E-state index in [1.54, 1.807) is 22.9 Å². The maximum atomic E-state index is 12.9. The number of halogens is 2. The number of amides is 1. The van der Waals surface area contributed by atoms with Gasteiger partial charge in [-0.2, -0.15) is 5.10 Å². The van der Waals surface area contributed by atoms with E-state index in [2.05, 4.69) is 10.4 Å². The van der Waals surface area contributed by atoms with Gasteiger partial charge in [-0.05, 0) is 36.3 Å². The van der Waals surface area contributed by atoms with Crippen molar-refractivity contribution in [2.75, 3.05) is 0 Å². The molecule has 0 saturated heterocycles. The molecule has 0 spiro atoms. The van der Waals surface area contributed by atoms with Crippen molar-refractivity contribution in [1.29, 1.82) is 0 Å². The first-order valence-electron chi connectivity index (χ1n) is 8.50. The van der Waals surface area contributed by atoms with Gasteiger partial charge in [-0.25, -0.2) is 9.07 Å². The highest BCUT2D eigenvalue weighted by molar-refractivity contribution is 6.31. The molecule has 2 aromatic carbocycles. The van der Waals surface area contributed by atoms with Crippen LogP contribution in [-0.4, -0.2) is 15.7 Å². The zero-order valence-corrected chi connectivity index (χ0v) is 15.6. The van der Waals surface area contributed by atoms with E-state index in [0.717, 1.165) is 16.8 Å². The molecule has 0 unspecified atom stereocenters. The summed E-state index contributed by atoms with van der Waals surface area (Å²) in [6.45, 7) is 2.73. The van der Waals surface area contributed by atoms with E-state index in [1.165, 1.54) is 18.2 Å². The van der Waals surface area contributed by atoms with Crippen LogP contribution in [0.25, 0.3) is 6.08 Å². The number of benzene rings is 2. The van der Waals surface area contributed by atoms with Crippen molar-refractivity contribution in [2.24, 2.45) is 0 Å². The van der Waals surface area contributed by atoms with E-state index in [0.29, 0.717) is 23.8 Å². The third-order valence-corrected chi connectivity index (χ3v) is 4.46. The zero-order valence-electron chi connectivity index (χ0n) is 14.8. The Balaban J connectivity index is 1.64. The van der Waals surface area contributed by atoms with Crippen molar-refractivity contribution in [3.05, 3.63) is 94.0 Å². The van der Waals surface area contributed by atoms with Crippen molar-refractivity contribution in [3.8, 4) is 0 Å². The summed E-state index contributed by atoms with van der Waals surface area (Å²) < 4.78 is 14.6. The first-order chi connectivity index (χ1) is 13.0. The highest BCUT2D eigenvalue weighted by Gasteiger charge is 2.11. The van der Waals surface area contributed by atoms with Crippen molar-refractivity contribution >= 4 is 23.6 Å². The van der Waals surface area contributed by atoms with Crippen molar-refractivity contribution in [3.63, 3.8) is 0 Å². The Hall–Kier alpha value is -2.92. The van der Waals surface area contributed by atoms with Crippen LogP contribution in [0.15, 0.2) is 60.7 Å². The molecule has 0 aliphatic rings. The second-order valence-electron chi connectivity index (χ2n) is 6.11. The van der Waals surface area contributed by atoms with Crippen LogP contribution in [0.1, 0.15) is 22.4 Å². The summed E-state index contributed by atoms with van der Waals surface area (Å²) in [5.74, 6) is -0.562. The number of hydrogen-bond donors (Lipinski definition) is 1. The van der Waals surface area contributed by atoms with Crippen molar-refractivity contribution < 1.29 is 9.18 Å². The lowest BCUT2D eigenvalue weighted by molar-refractivity contribution is -0.116. The first-order valence-corrected chi connectivity index (χ1v) is 8.88. The smallest absolute Gasteiger partial charge is 0.244 e. The Morgan fingerprint density at radius 1 is 1.15 bits per heavy atom. The van der Waals surface area contributed by atoms with Gasteiger partial charge in [-0.3, -0.25) is 4.79 Å². The SMILES string of the molecule is Cc1nn(Cc2ccccc2)c(Cl)c1/C=C/C(=O)NCc1ccc(F)cc1. The molecule has 4 nitrogen and oxygen atoms in total. The second kappa shape index (κ2) is 8.64. The topological polar surface area (TPSA) is 46.9 Å². The molecule has 3 rings (SSSR count). The summed E-state index contributed by atoms with van der Waals surface area (Å²) in [6, 6.07) is 15.9. The third-order valence-electron chi connectivity index (χ3n) is 4.07. The Labute approximate surface area is 162 Å². The highest BCUT2D eigenvalue weighted by Crippen LogP contribution is 2.22. The Morgan fingerprint density at radius 3 is 2.56 bits per heavy atom. The average Bonchev–Trinajstić information content (AvgIpc) is 2.93. The van der Waals surface area contributed by atoms with Gasteiger partial charge in [0.1, 0.15) is 11.0 Å². The minimum atomic E-state index is -0.303. The molecule has 0 radical (unpaired) electrons. The molecule has 1 N–H and O–H groups in total. The number of aryl methyl sites for hydroxylation is 1. The molecule has 3 aromatic rings. The summed E-state index contributed by atoms with van der Waals surface area (Å²) >= 11 is 6.43. The Bertz CT molecular complexity index is 950. The normalized spacial score (nSPS) is 11.1. The Kier molecular flexibility index (Phi) is 6.04. The fraction of sp³-hybridized carbons (Fsp3) is 0.143. The minimum absolute atomic E-state index is 0.259. The van der Waals surface area contributed by atoms with E-state index < -0.39 is 0 Å². The minimum Gasteiger partial charge on any atom is -0.348 e. The van der Waals surface area contributed by atoms with Crippen molar-refractivity contribution in [2.45, 2.75) is 20.0 Å². The lowest BCUT2D eigenvalue weighted by Crippen LogP contribution is -2.20. The molecule has 0 aliphatic carbocycles. The van der Waals surface area contributed by atoms with Crippen LogP contribution >= 0.6 is 11.6 Å². The van der Waals surface area contributed by atoms with Crippen LogP contribution < -0.4 is 5.32 Å². The van der Waals surface area contributed by atoms with Crippen LogP contribution in [0.5, 0.6) is 0 Å². The van der Waals surface area contributed by atoms with Gasteiger partial charge in [0.15, 0.2) is 0 Å². The number of carbonyl (C=O) groups is 1. The zero-order chi connectivity index (χ0) is 19.2. The summed E-state index contributed by atoms with van der Waals surface area (Å²) in [5.41, 5.74) is 3.38. The van der Waals surface area contributed by atoms with E-state index in [-0.39, 0.29) is 11.7 Å². The fourth-order valence-corrected chi connectivity index (χ4v) is 2.92. The molecular weight excluding hydrogens is 365 g/mol. The summed E-state index contributed by atoms with van der Waals surface area (Å²) in [5, 5.41) is 7.69. The van der Waals surface area contributed by atoms with Crippen LogP contribution in [0, 0.1) is 12.7 Å². The summed E-state index contributed by atoms with van der Waals surface area (Å²) in [6.07, 6.45) is 3.08. The van der Waals surface area contributed by atoms with Gasteiger partial charge in [0.05, 0.1) is 12.2 Å². The highest BCUT2D eigenvalue weighted by atomic mass is 35.5. The molecule has 0 atom stereocenters. The van der Waals surface area contributed by atoms with Gasteiger partial charge in [-0.15, -0.1) is 0 Å². The van der Waals surface area contributed by atoms with Crippen LogP contribution in [0.3, 0.4) is 0 Å². The Morgan fingerprint density at radius 2 is 1.85 bits per heavy atom. The van der Waals surface area contributed by atoms with Crippen LogP contribution in [0.2, 0.25) is 5.15 Å². The van der Waals surface area contributed by atoms with Gasteiger partial charge < -0.3 is 5.32 Å². The van der Waals surface area contributed by atoms with Crippen LogP contribution in [0.4, 0.5) is 4.39 Å². The molecule has 0 saturated carbocycles. The number of rotatable bonds is 6. The van der Waals surface area contributed by atoms with Crippen LogP contribution in [-0.2, 0) is 17.9 Å². The molecule has 27 heavy (non-hydrogen) atoms. The third kappa shape index (κ3) is 5.05. The van der Waals surface area contributed by atoms with Gasteiger partial charge in [0, 0.05) is 18.2 Å². The molecule has 0 aliphatic heterocycles. The summed E-state index contributed by atoms with van der Waals surface area (Å²) in [7, 11) is 0. The van der Waals surface area contributed by atoms with Gasteiger partial charge >= 0.3 is 0 Å². The quantitative estimate of drug-likeness (QED) is 0.643. The van der Waals surface area contributed by atoms with Crippen molar-refractivity contribution in [1.82, 2.24) is 15.1 Å². The number of aromatic nitrogens is 2. The number of nitrogens with one attached hydrogen (secondary N) is 1. The van der Waals surface area contributed by atoms with Gasteiger partial charge in [-0.1, -0.05) is 54.1 Å². The standard InChI is InChI=1S/C21H19ClFN3O/c1-15-19(21(22)26(25-15)14-17-5-3-2-4-6-17)11-12-20(27)24-13-16-7-9-18(23)10-8-16/h2-12H,13-14H2,1H3,(H,24,27)/b12-11+. The largest absolute Gasteiger partial charge is 0.348 e. The van der Waals surface area contributed by atoms with E-state index in [9.17, 15) is 9.18 Å². The number of nitrogens with zero attached hydrogens (tertiary/aromatic N) is 2. The lowest BCUT2D eigenvalue weighted by atomic mass is 10.2. The maximum absolute atomic E-state index is 12.9. The van der Waals surface area contributed by atoms with E-state index in [1.807, 2.05) is 37.3 Å². The molecule has 1 amide bonds. The number of hydrogen-bond acceptors (Lipinski definition) is 2.